The number of nitriles is 1. The van der Waals surface area contributed by atoms with Gasteiger partial charge in [0.25, 0.3) is 0 Å². The first-order valence-corrected chi connectivity index (χ1v) is 6.51. The van der Waals surface area contributed by atoms with Crippen LogP contribution in [0.25, 0.3) is 0 Å². The Morgan fingerprint density at radius 3 is 2.89 bits per heavy atom. The van der Waals surface area contributed by atoms with E-state index in [0.29, 0.717) is 5.56 Å². The van der Waals surface area contributed by atoms with Gasteiger partial charge < -0.3 is 4.90 Å². The minimum absolute atomic E-state index is 0.680. The summed E-state index contributed by atoms with van der Waals surface area (Å²) < 4.78 is 1.82. The minimum atomic E-state index is 0.680. The molecule has 1 aliphatic rings. The van der Waals surface area contributed by atoms with Gasteiger partial charge in [-0.2, -0.15) is 10.4 Å². The van der Waals surface area contributed by atoms with Crippen molar-refractivity contribution in [3.8, 4) is 6.07 Å². The van der Waals surface area contributed by atoms with Crippen molar-refractivity contribution in [3.63, 3.8) is 0 Å². The number of anilines is 2. The SMILES string of the molecule is Cc1nn(C)c(N2CCCc3ccccc32)c1C#N. The van der Waals surface area contributed by atoms with Crippen molar-refractivity contribution < 1.29 is 0 Å². The zero-order valence-corrected chi connectivity index (χ0v) is 11.2. The van der Waals surface area contributed by atoms with Gasteiger partial charge in [0.2, 0.25) is 0 Å². The van der Waals surface area contributed by atoms with E-state index in [1.54, 1.807) is 0 Å². The van der Waals surface area contributed by atoms with E-state index < -0.39 is 0 Å². The Labute approximate surface area is 112 Å². The Bertz CT molecular complexity index is 663. The van der Waals surface area contributed by atoms with Gasteiger partial charge in [-0.15, -0.1) is 0 Å². The van der Waals surface area contributed by atoms with Crippen LogP contribution < -0.4 is 4.90 Å². The molecular weight excluding hydrogens is 236 g/mol. The molecule has 1 aromatic heterocycles. The molecule has 19 heavy (non-hydrogen) atoms. The van der Waals surface area contributed by atoms with E-state index in [4.69, 9.17) is 0 Å². The number of benzene rings is 1. The molecule has 0 aliphatic carbocycles. The van der Waals surface area contributed by atoms with Crippen LogP contribution in [0.15, 0.2) is 24.3 Å². The van der Waals surface area contributed by atoms with Crippen LogP contribution in [0.3, 0.4) is 0 Å². The molecule has 0 atom stereocenters. The molecule has 4 nitrogen and oxygen atoms in total. The Kier molecular flexibility index (Phi) is 2.75. The number of aromatic nitrogens is 2. The highest BCUT2D eigenvalue weighted by Gasteiger charge is 2.24. The number of fused-ring (bicyclic) bond motifs is 1. The van der Waals surface area contributed by atoms with Crippen LogP contribution in [0.2, 0.25) is 0 Å². The Morgan fingerprint density at radius 2 is 2.11 bits per heavy atom. The summed E-state index contributed by atoms with van der Waals surface area (Å²) in [4.78, 5) is 2.22. The summed E-state index contributed by atoms with van der Waals surface area (Å²) in [5, 5.41) is 13.7. The second kappa shape index (κ2) is 4.43. The van der Waals surface area contributed by atoms with Crippen LogP contribution in [0, 0.1) is 18.3 Å². The summed E-state index contributed by atoms with van der Waals surface area (Å²) in [6, 6.07) is 10.7. The van der Waals surface area contributed by atoms with Crippen LogP contribution in [0.1, 0.15) is 23.2 Å². The number of hydrogen-bond donors (Lipinski definition) is 0. The summed E-state index contributed by atoms with van der Waals surface area (Å²) in [6.45, 7) is 2.82. The zero-order valence-electron chi connectivity index (χ0n) is 11.2. The van der Waals surface area contributed by atoms with E-state index in [2.05, 4.69) is 34.3 Å². The van der Waals surface area contributed by atoms with Gasteiger partial charge >= 0.3 is 0 Å². The van der Waals surface area contributed by atoms with Crippen molar-refractivity contribution >= 4 is 11.5 Å². The van der Waals surface area contributed by atoms with Gasteiger partial charge in [0.15, 0.2) is 0 Å². The maximum atomic E-state index is 9.36. The van der Waals surface area contributed by atoms with Gasteiger partial charge in [-0.3, -0.25) is 4.68 Å². The molecule has 96 valence electrons. The average molecular weight is 252 g/mol. The van der Waals surface area contributed by atoms with Gasteiger partial charge in [-0.25, -0.2) is 0 Å². The molecule has 0 fully saturated rings. The molecule has 0 amide bonds. The van der Waals surface area contributed by atoms with E-state index in [9.17, 15) is 5.26 Å². The molecule has 0 saturated carbocycles. The maximum Gasteiger partial charge on any atom is 0.149 e. The fourth-order valence-electron chi connectivity index (χ4n) is 2.84. The fourth-order valence-corrected chi connectivity index (χ4v) is 2.84. The molecule has 2 aromatic rings. The number of hydrogen-bond acceptors (Lipinski definition) is 3. The van der Waals surface area contributed by atoms with Crippen molar-refractivity contribution in [1.82, 2.24) is 9.78 Å². The highest BCUT2D eigenvalue weighted by atomic mass is 15.4. The van der Waals surface area contributed by atoms with Crippen LogP contribution >= 0.6 is 0 Å². The second-order valence-corrected chi connectivity index (χ2v) is 4.90. The highest BCUT2D eigenvalue weighted by molar-refractivity contribution is 5.70. The molecule has 0 radical (unpaired) electrons. The molecular formula is C15H16N4. The number of para-hydroxylation sites is 1. The summed E-state index contributed by atoms with van der Waals surface area (Å²) in [5.74, 6) is 0.909. The Hall–Kier alpha value is -2.28. The first-order chi connectivity index (χ1) is 9.22. The third-order valence-electron chi connectivity index (χ3n) is 3.67. The molecule has 0 unspecified atom stereocenters. The third-order valence-corrected chi connectivity index (χ3v) is 3.67. The molecule has 0 bridgehead atoms. The van der Waals surface area contributed by atoms with Crippen LogP contribution in [0.4, 0.5) is 11.5 Å². The summed E-state index contributed by atoms with van der Waals surface area (Å²) >= 11 is 0. The molecule has 4 heteroatoms. The summed E-state index contributed by atoms with van der Waals surface area (Å²) in [7, 11) is 1.90. The minimum Gasteiger partial charge on any atom is -0.325 e. The fraction of sp³-hybridized carbons (Fsp3) is 0.333. The molecule has 0 saturated heterocycles. The lowest BCUT2D eigenvalue weighted by Gasteiger charge is -2.31. The Morgan fingerprint density at radius 1 is 1.32 bits per heavy atom. The van der Waals surface area contributed by atoms with Crippen LogP contribution in [-0.4, -0.2) is 16.3 Å². The smallest absolute Gasteiger partial charge is 0.149 e. The monoisotopic (exact) mass is 252 g/mol. The van der Waals surface area contributed by atoms with Gasteiger partial charge in [0.05, 0.1) is 5.69 Å². The molecule has 0 N–H and O–H groups in total. The summed E-state index contributed by atoms with van der Waals surface area (Å²) in [6.07, 6.45) is 2.21. The number of rotatable bonds is 1. The van der Waals surface area contributed by atoms with Crippen molar-refractivity contribution in [2.24, 2.45) is 7.05 Å². The lowest BCUT2D eigenvalue weighted by Crippen LogP contribution is -2.27. The van der Waals surface area contributed by atoms with E-state index in [0.717, 1.165) is 30.9 Å². The lowest BCUT2D eigenvalue weighted by atomic mass is 10.0. The van der Waals surface area contributed by atoms with E-state index in [-0.39, 0.29) is 0 Å². The number of aryl methyl sites for hydroxylation is 3. The predicted octanol–water partition coefficient (Wildman–Crippen LogP) is 2.68. The maximum absolute atomic E-state index is 9.36. The topological polar surface area (TPSA) is 44.9 Å². The van der Waals surface area contributed by atoms with Crippen molar-refractivity contribution in [2.45, 2.75) is 19.8 Å². The molecule has 3 rings (SSSR count). The third kappa shape index (κ3) is 1.78. The van der Waals surface area contributed by atoms with Gasteiger partial charge in [-0.1, -0.05) is 18.2 Å². The molecule has 1 aromatic carbocycles. The van der Waals surface area contributed by atoms with Crippen LogP contribution in [0.5, 0.6) is 0 Å². The normalized spacial score (nSPS) is 14.1. The quantitative estimate of drug-likeness (QED) is 0.783. The van der Waals surface area contributed by atoms with Gasteiger partial charge in [0.1, 0.15) is 17.5 Å². The average Bonchev–Trinajstić information content (AvgIpc) is 2.72. The highest BCUT2D eigenvalue weighted by Crippen LogP contribution is 2.35. The number of nitrogens with zero attached hydrogens (tertiary/aromatic N) is 4. The largest absolute Gasteiger partial charge is 0.325 e. The van der Waals surface area contributed by atoms with Crippen LogP contribution in [-0.2, 0) is 13.5 Å². The van der Waals surface area contributed by atoms with E-state index in [1.807, 2.05) is 24.7 Å². The molecule has 1 aliphatic heterocycles. The molecule has 0 spiro atoms. The van der Waals surface area contributed by atoms with E-state index in [1.165, 1.54) is 11.3 Å². The first kappa shape index (κ1) is 11.8. The lowest BCUT2D eigenvalue weighted by molar-refractivity contribution is 0.703. The standard InChI is InChI=1S/C15H16N4/c1-11-13(10-16)15(18(2)17-11)19-9-5-7-12-6-3-4-8-14(12)19/h3-4,6,8H,5,7,9H2,1-2H3. The first-order valence-electron chi connectivity index (χ1n) is 6.51. The Balaban J connectivity index is 2.17. The van der Waals surface area contributed by atoms with Gasteiger partial charge in [0, 0.05) is 19.3 Å². The zero-order chi connectivity index (χ0) is 13.4. The molecule has 2 heterocycles. The van der Waals surface area contributed by atoms with E-state index >= 15 is 0 Å². The second-order valence-electron chi connectivity index (χ2n) is 4.90. The van der Waals surface area contributed by atoms with Crippen molar-refractivity contribution in [3.05, 3.63) is 41.1 Å². The summed E-state index contributed by atoms with van der Waals surface area (Å²) in [5.41, 5.74) is 4.02. The van der Waals surface area contributed by atoms with Crippen molar-refractivity contribution in [2.75, 3.05) is 11.4 Å². The predicted molar refractivity (Wildman–Crippen MR) is 74.4 cm³/mol. The van der Waals surface area contributed by atoms with Crippen molar-refractivity contribution in [1.29, 1.82) is 5.26 Å². The van der Waals surface area contributed by atoms with Gasteiger partial charge in [-0.05, 0) is 31.4 Å².